The average molecular weight is 308 g/mol. The van der Waals surface area contributed by atoms with Crippen molar-refractivity contribution in [1.82, 2.24) is 0 Å². The average Bonchev–Trinajstić information content (AvgIpc) is 2.92. The zero-order valence-electron chi connectivity index (χ0n) is 11.6. The summed E-state index contributed by atoms with van der Waals surface area (Å²) in [5.74, 6) is -11.4. The lowest BCUT2D eigenvalue weighted by atomic mass is 10.1. The van der Waals surface area contributed by atoms with Crippen LogP contribution in [0.25, 0.3) is 0 Å². The van der Waals surface area contributed by atoms with Gasteiger partial charge in [-0.2, -0.15) is 0 Å². The largest absolute Gasteiger partial charge is 0.460 e. The minimum atomic E-state index is -2.24. The van der Waals surface area contributed by atoms with Crippen molar-refractivity contribution in [2.24, 2.45) is 17.3 Å². The molecule has 1 aliphatic carbocycles. The van der Waals surface area contributed by atoms with Crippen LogP contribution in [0.15, 0.2) is 0 Å². The molecule has 0 heterocycles. The van der Waals surface area contributed by atoms with Gasteiger partial charge in [0.2, 0.25) is 5.82 Å². The maximum Gasteiger partial charge on any atom is 0.310 e. The number of halogens is 5. The fraction of sp³-hybridized carbons (Fsp3) is 0.500. The maximum atomic E-state index is 13.4. The van der Waals surface area contributed by atoms with E-state index >= 15 is 0 Å². The number of hydrogen-bond donors (Lipinski definition) is 0. The summed E-state index contributed by atoms with van der Waals surface area (Å²) >= 11 is 0. The van der Waals surface area contributed by atoms with E-state index in [4.69, 9.17) is 4.74 Å². The van der Waals surface area contributed by atoms with Crippen LogP contribution in [0.1, 0.15) is 26.3 Å². The molecular weight excluding hydrogens is 295 g/mol. The summed E-state index contributed by atoms with van der Waals surface area (Å²) in [5.41, 5.74) is -1.45. The SMILES string of the molecule is CC1C(C(=O)OCc2c(F)c(F)c(F)c(F)c2F)C1(C)C. The minimum Gasteiger partial charge on any atom is -0.460 e. The van der Waals surface area contributed by atoms with E-state index in [1.54, 1.807) is 0 Å². The highest BCUT2D eigenvalue weighted by molar-refractivity contribution is 5.77. The third-order valence-corrected chi connectivity index (χ3v) is 4.28. The normalized spacial score (nSPS) is 23.0. The van der Waals surface area contributed by atoms with Crippen LogP contribution in [0.5, 0.6) is 0 Å². The number of esters is 1. The fourth-order valence-electron chi connectivity index (χ4n) is 2.41. The van der Waals surface area contributed by atoms with Gasteiger partial charge >= 0.3 is 5.97 Å². The summed E-state index contributed by atoms with van der Waals surface area (Å²) in [6.45, 7) is 4.46. The van der Waals surface area contributed by atoms with E-state index in [-0.39, 0.29) is 11.3 Å². The van der Waals surface area contributed by atoms with E-state index in [1.165, 1.54) is 0 Å². The van der Waals surface area contributed by atoms with Gasteiger partial charge in [-0.3, -0.25) is 4.79 Å². The summed E-state index contributed by atoms with van der Waals surface area (Å²) in [6, 6.07) is 0. The molecule has 7 heteroatoms. The highest BCUT2D eigenvalue weighted by Crippen LogP contribution is 2.58. The molecule has 1 aromatic carbocycles. The zero-order valence-corrected chi connectivity index (χ0v) is 11.6. The number of ether oxygens (including phenoxy) is 1. The van der Waals surface area contributed by atoms with Gasteiger partial charge in [-0.25, -0.2) is 22.0 Å². The molecule has 1 fully saturated rings. The third-order valence-electron chi connectivity index (χ3n) is 4.28. The van der Waals surface area contributed by atoms with Crippen molar-refractivity contribution in [3.63, 3.8) is 0 Å². The Balaban J connectivity index is 2.17. The number of benzene rings is 1. The van der Waals surface area contributed by atoms with Crippen molar-refractivity contribution in [2.45, 2.75) is 27.4 Å². The molecule has 1 saturated carbocycles. The highest BCUT2D eigenvalue weighted by atomic mass is 19.2. The summed E-state index contributed by atoms with van der Waals surface area (Å²) in [5, 5.41) is 0. The Morgan fingerprint density at radius 2 is 1.38 bits per heavy atom. The second-order valence-electron chi connectivity index (χ2n) is 5.74. The van der Waals surface area contributed by atoms with E-state index < -0.39 is 53.1 Å². The second kappa shape index (κ2) is 4.96. The Morgan fingerprint density at radius 1 is 1.00 bits per heavy atom. The van der Waals surface area contributed by atoms with E-state index in [2.05, 4.69) is 0 Å². The smallest absolute Gasteiger partial charge is 0.310 e. The van der Waals surface area contributed by atoms with Gasteiger partial charge in [0, 0.05) is 0 Å². The van der Waals surface area contributed by atoms with Gasteiger partial charge in [0.25, 0.3) is 0 Å². The Labute approximate surface area is 117 Å². The molecule has 1 aliphatic rings. The number of carbonyl (C=O) groups is 1. The quantitative estimate of drug-likeness (QED) is 0.368. The van der Waals surface area contributed by atoms with Crippen LogP contribution in [0.4, 0.5) is 22.0 Å². The topological polar surface area (TPSA) is 26.3 Å². The molecule has 2 nitrogen and oxygen atoms in total. The molecule has 2 rings (SSSR count). The van der Waals surface area contributed by atoms with Crippen LogP contribution in [-0.2, 0) is 16.1 Å². The van der Waals surface area contributed by atoms with Gasteiger partial charge in [0.1, 0.15) is 6.61 Å². The van der Waals surface area contributed by atoms with Crippen LogP contribution >= 0.6 is 0 Å². The molecule has 0 N–H and O–H groups in total. The summed E-state index contributed by atoms with van der Waals surface area (Å²) in [6.07, 6.45) is 0. The molecule has 2 unspecified atom stereocenters. The van der Waals surface area contributed by atoms with Crippen molar-refractivity contribution in [2.75, 3.05) is 0 Å². The van der Waals surface area contributed by atoms with Gasteiger partial charge in [-0.05, 0) is 11.3 Å². The zero-order chi connectivity index (χ0) is 16.1. The predicted molar refractivity (Wildman–Crippen MR) is 62.5 cm³/mol. The van der Waals surface area contributed by atoms with Crippen molar-refractivity contribution >= 4 is 5.97 Å². The second-order valence-corrected chi connectivity index (χ2v) is 5.74. The van der Waals surface area contributed by atoms with Crippen LogP contribution in [-0.4, -0.2) is 5.97 Å². The molecule has 1 aromatic rings. The van der Waals surface area contributed by atoms with Crippen molar-refractivity contribution in [3.05, 3.63) is 34.6 Å². The number of carbonyl (C=O) groups excluding carboxylic acids is 1. The molecular formula is C14H13F5O2. The van der Waals surface area contributed by atoms with Crippen LogP contribution in [0, 0.1) is 46.3 Å². The lowest BCUT2D eigenvalue weighted by Gasteiger charge is -2.09. The predicted octanol–water partition coefficient (Wildman–Crippen LogP) is 3.72. The Bertz CT molecular complexity index is 583. The minimum absolute atomic E-state index is 0.0291. The monoisotopic (exact) mass is 308 g/mol. The molecule has 0 amide bonds. The molecule has 21 heavy (non-hydrogen) atoms. The van der Waals surface area contributed by atoms with E-state index in [0.717, 1.165) is 0 Å². The van der Waals surface area contributed by atoms with E-state index in [9.17, 15) is 26.7 Å². The van der Waals surface area contributed by atoms with Crippen molar-refractivity contribution in [3.8, 4) is 0 Å². The molecule has 0 saturated heterocycles. The van der Waals surface area contributed by atoms with Gasteiger partial charge in [-0.1, -0.05) is 20.8 Å². The molecule has 0 aromatic heterocycles. The summed E-state index contributed by atoms with van der Waals surface area (Å²) in [4.78, 5) is 11.7. The van der Waals surface area contributed by atoms with Gasteiger partial charge < -0.3 is 4.74 Å². The molecule has 116 valence electrons. The molecule has 0 aliphatic heterocycles. The van der Waals surface area contributed by atoms with E-state index in [1.807, 2.05) is 20.8 Å². The van der Waals surface area contributed by atoms with Gasteiger partial charge in [0.15, 0.2) is 23.3 Å². The Kier molecular flexibility index (Phi) is 3.71. The fourth-order valence-corrected chi connectivity index (χ4v) is 2.41. The summed E-state index contributed by atoms with van der Waals surface area (Å²) < 4.78 is 70.3. The molecule has 2 atom stereocenters. The molecule has 0 radical (unpaired) electrons. The number of rotatable bonds is 3. The first-order valence-corrected chi connectivity index (χ1v) is 6.27. The van der Waals surface area contributed by atoms with Gasteiger partial charge in [-0.15, -0.1) is 0 Å². The standard InChI is InChI=1S/C14H13F5O2/c1-5-7(14(5,2)3)13(20)21-4-6-8(15)10(17)12(19)11(18)9(6)16/h5,7H,4H2,1-3H3. The van der Waals surface area contributed by atoms with Crippen LogP contribution in [0.2, 0.25) is 0 Å². The number of hydrogen-bond acceptors (Lipinski definition) is 2. The first kappa shape index (κ1) is 15.7. The van der Waals surface area contributed by atoms with E-state index in [0.29, 0.717) is 0 Å². The first-order chi connectivity index (χ1) is 9.60. The Morgan fingerprint density at radius 3 is 1.76 bits per heavy atom. The Hall–Kier alpha value is -1.66. The lowest BCUT2D eigenvalue weighted by molar-refractivity contribution is -0.147. The molecule has 0 bridgehead atoms. The summed E-state index contributed by atoms with van der Waals surface area (Å²) in [7, 11) is 0. The van der Waals surface area contributed by atoms with Gasteiger partial charge in [0.05, 0.1) is 11.5 Å². The maximum absolute atomic E-state index is 13.4. The molecule has 0 spiro atoms. The third kappa shape index (κ3) is 2.38. The van der Waals surface area contributed by atoms with Crippen LogP contribution in [0.3, 0.4) is 0 Å². The lowest BCUT2D eigenvalue weighted by Crippen LogP contribution is -2.14. The highest BCUT2D eigenvalue weighted by Gasteiger charge is 2.59. The van der Waals surface area contributed by atoms with Crippen molar-refractivity contribution < 1.29 is 31.5 Å². The van der Waals surface area contributed by atoms with Crippen molar-refractivity contribution in [1.29, 1.82) is 0 Å². The van der Waals surface area contributed by atoms with Crippen LogP contribution < -0.4 is 0 Å². The first-order valence-electron chi connectivity index (χ1n) is 6.27.